The minimum atomic E-state index is -3.20. The zero-order valence-electron chi connectivity index (χ0n) is 16.4. The Morgan fingerprint density at radius 3 is 2.56 bits per heavy atom. The Morgan fingerprint density at radius 1 is 1.33 bits per heavy atom. The van der Waals surface area contributed by atoms with Gasteiger partial charge < -0.3 is 14.0 Å². The molecule has 2 unspecified atom stereocenters. The largest absolute Gasteiger partial charge is 0.781 e. The lowest BCUT2D eigenvalue weighted by Crippen LogP contribution is -2.66. The molecule has 0 aromatic carbocycles. The minimum absolute atomic E-state index is 0.128. The summed E-state index contributed by atoms with van der Waals surface area (Å²) in [5.74, 6) is 0.393. The van der Waals surface area contributed by atoms with Gasteiger partial charge in [-0.3, -0.25) is 14.3 Å². The Balaban J connectivity index is 2.57. The van der Waals surface area contributed by atoms with Gasteiger partial charge in [-0.1, -0.05) is 20.8 Å². The fourth-order valence-corrected chi connectivity index (χ4v) is 4.67. The number of H-pyrrole nitrogens is 1. The van der Waals surface area contributed by atoms with Gasteiger partial charge in [-0.15, -0.1) is 0 Å². The first kappa shape index (κ1) is 21.8. The molecular weight excluding hydrogens is 371 g/mol. The van der Waals surface area contributed by atoms with Crippen molar-refractivity contribution >= 4 is 26.1 Å². The number of hydrogen-bond acceptors (Lipinski definition) is 6. The maximum absolute atomic E-state index is 12.8. The van der Waals surface area contributed by atoms with Crippen molar-refractivity contribution in [2.45, 2.75) is 58.4 Å². The fraction of sp³-hybridized carbons (Fsp3) is 0.706. The lowest BCUT2D eigenvalue weighted by atomic mass is 9.82. The van der Waals surface area contributed by atoms with Crippen molar-refractivity contribution in [3.8, 4) is 0 Å². The van der Waals surface area contributed by atoms with Gasteiger partial charge in [-0.25, -0.2) is 9.28 Å². The van der Waals surface area contributed by atoms with Gasteiger partial charge in [0.15, 0.2) is 6.34 Å². The van der Waals surface area contributed by atoms with E-state index in [1.54, 1.807) is 13.4 Å². The highest BCUT2D eigenvalue weighted by molar-refractivity contribution is 7.30. The highest BCUT2D eigenvalue weighted by Gasteiger charge is 2.54. The van der Waals surface area contributed by atoms with Crippen LogP contribution in [0.2, 0.25) is 0 Å². The first-order valence-electron chi connectivity index (χ1n) is 9.39. The summed E-state index contributed by atoms with van der Waals surface area (Å²) in [5.41, 5.74) is -0.760. The fourth-order valence-electron chi connectivity index (χ4n) is 4.36. The van der Waals surface area contributed by atoms with Crippen molar-refractivity contribution in [3.05, 3.63) is 20.8 Å². The summed E-state index contributed by atoms with van der Waals surface area (Å²) in [5, 5.41) is 0. The van der Waals surface area contributed by atoms with Crippen LogP contribution in [0.3, 0.4) is 0 Å². The number of hydrogen-bond donors (Lipinski definition) is 1. The molecule has 0 fully saturated rings. The Hall–Kier alpha value is -1.54. The molecular formula is C17H29N4O5P. The van der Waals surface area contributed by atoms with E-state index in [1.165, 1.54) is 4.57 Å². The first-order valence-corrected chi connectivity index (χ1v) is 10.6. The molecule has 27 heavy (non-hydrogen) atoms. The number of quaternary nitrogens is 1. The number of aromatic amines is 1. The molecule has 152 valence electrons. The van der Waals surface area contributed by atoms with Crippen molar-refractivity contribution in [1.29, 1.82) is 0 Å². The van der Waals surface area contributed by atoms with E-state index >= 15 is 0 Å². The number of rotatable bonds is 10. The molecule has 1 aliphatic heterocycles. The molecule has 1 aliphatic rings. The van der Waals surface area contributed by atoms with Crippen LogP contribution in [0.15, 0.2) is 14.6 Å². The molecule has 0 radical (unpaired) electrons. The van der Waals surface area contributed by atoms with Gasteiger partial charge in [0, 0.05) is 26.3 Å². The maximum atomic E-state index is 12.8. The molecule has 1 N–H and O–H groups in total. The molecule has 2 heterocycles. The van der Waals surface area contributed by atoms with Crippen LogP contribution in [-0.2, 0) is 16.1 Å². The molecule has 2 rings (SSSR count). The van der Waals surface area contributed by atoms with E-state index in [2.05, 4.69) is 23.8 Å². The third kappa shape index (κ3) is 3.74. The Morgan fingerprint density at radius 2 is 2.00 bits per heavy atom. The number of fused-ring (bicyclic) bond motifs is 1. The molecule has 9 nitrogen and oxygen atoms in total. The van der Waals surface area contributed by atoms with Crippen LogP contribution in [0.5, 0.6) is 0 Å². The minimum Gasteiger partial charge on any atom is -0.781 e. The van der Waals surface area contributed by atoms with Gasteiger partial charge in [0.1, 0.15) is 13.8 Å². The van der Waals surface area contributed by atoms with Crippen LogP contribution in [0, 0.1) is 0 Å². The molecule has 1 aromatic rings. The van der Waals surface area contributed by atoms with E-state index in [0.29, 0.717) is 30.9 Å². The molecule has 0 saturated carbocycles. The summed E-state index contributed by atoms with van der Waals surface area (Å²) >= 11 is 0. The lowest BCUT2D eigenvalue weighted by molar-refractivity contribution is -0.185. The van der Waals surface area contributed by atoms with Gasteiger partial charge in [0.05, 0.1) is 13.2 Å². The van der Waals surface area contributed by atoms with Crippen LogP contribution in [0.25, 0.3) is 0 Å². The predicted molar refractivity (Wildman–Crippen MR) is 105 cm³/mol. The Kier molecular flexibility index (Phi) is 6.97. The third-order valence-electron chi connectivity index (χ3n) is 5.79. The first-order chi connectivity index (χ1) is 12.8. The van der Waals surface area contributed by atoms with Crippen LogP contribution >= 0.6 is 8.25 Å². The zero-order chi connectivity index (χ0) is 20.2. The van der Waals surface area contributed by atoms with Crippen LogP contribution in [0.1, 0.15) is 52.9 Å². The monoisotopic (exact) mass is 400 g/mol. The summed E-state index contributed by atoms with van der Waals surface area (Å²) in [6.07, 6.45) is 5.36. The highest BCUT2D eigenvalue weighted by Crippen LogP contribution is 2.45. The summed E-state index contributed by atoms with van der Waals surface area (Å²) in [6, 6.07) is 0. The molecule has 1 aromatic heterocycles. The van der Waals surface area contributed by atoms with Gasteiger partial charge in [0.25, 0.3) is 0 Å². The van der Waals surface area contributed by atoms with Crippen LogP contribution in [0.4, 0.5) is 11.5 Å². The van der Waals surface area contributed by atoms with Crippen molar-refractivity contribution in [3.63, 3.8) is 0 Å². The van der Waals surface area contributed by atoms with Crippen molar-refractivity contribution in [1.82, 2.24) is 14.0 Å². The van der Waals surface area contributed by atoms with Crippen LogP contribution in [-0.4, -0.2) is 34.6 Å². The average molecular weight is 400 g/mol. The lowest BCUT2D eigenvalue weighted by Gasteiger charge is -2.47. The molecule has 0 bridgehead atoms. The molecule has 10 heteroatoms. The maximum Gasteiger partial charge on any atom is 0.330 e. The summed E-state index contributed by atoms with van der Waals surface area (Å²) in [6.45, 7) is 6.98. The van der Waals surface area contributed by atoms with E-state index in [1.807, 2.05) is 6.92 Å². The van der Waals surface area contributed by atoms with Crippen molar-refractivity contribution in [2.75, 3.05) is 13.2 Å². The molecule has 0 aliphatic carbocycles. The van der Waals surface area contributed by atoms with E-state index < -0.39 is 19.5 Å². The predicted octanol–water partition coefficient (Wildman–Crippen LogP) is 1.57. The van der Waals surface area contributed by atoms with Gasteiger partial charge in [0.2, 0.25) is 11.5 Å². The number of nitrogens with zero attached hydrogens (tertiary/aromatic N) is 3. The average Bonchev–Trinajstić information content (AvgIpc) is 3.02. The second kappa shape index (κ2) is 8.65. The Labute approximate surface area is 159 Å². The number of nitrogens with one attached hydrogen (secondary N) is 1. The second-order valence-electron chi connectivity index (χ2n) is 6.96. The van der Waals surface area contributed by atoms with Gasteiger partial charge in [-0.05, 0) is 12.8 Å². The molecule has 0 saturated heterocycles. The van der Waals surface area contributed by atoms with E-state index in [-0.39, 0.29) is 16.6 Å². The SMILES string of the molecule is CCC[N+]1(C(CC)(CC)CCCO[PH](=O)[O-])C=Nc2c1c(=O)[nH]c(=O)n2C. The quantitative estimate of drug-likeness (QED) is 0.363. The zero-order valence-corrected chi connectivity index (χ0v) is 17.4. The van der Waals surface area contributed by atoms with Crippen molar-refractivity contribution < 1.29 is 14.0 Å². The Bertz CT molecular complexity index is 843. The third-order valence-corrected chi connectivity index (χ3v) is 6.23. The van der Waals surface area contributed by atoms with E-state index in [9.17, 15) is 19.0 Å². The van der Waals surface area contributed by atoms with Gasteiger partial charge in [-0.2, -0.15) is 4.99 Å². The molecule has 2 atom stereocenters. The number of aromatic nitrogens is 2. The molecule has 0 amide bonds. The van der Waals surface area contributed by atoms with E-state index in [4.69, 9.17) is 4.52 Å². The molecule has 0 spiro atoms. The normalized spacial score (nSPS) is 20.0. The van der Waals surface area contributed by atoms with Gasteiger partial charge >= 0.3 is 11.2 Å². The highest BCUT2D eigenvalue weighted by atomic mass is 31.1. The number of aliphatic imine (C=N–C) groups is 1. The van der Waals surface area contributed by atoms with Crippen LogP contribution < -0.4 is 20.6 Å². The standard InChI is InChI=1S/C17H29N4O5P/c1-5-10-21(17(6-2,7-3)9-8-11-26-27(24)25)12-18-14-13(21)15(22)19-16(23)20(14)4/h12,27H,5-11H2,1-4H3,(H-,19,22,23,24,25). The summed E-state index contributed by atoms with van der Waals surface area (Å²) in [7, 11) is -1.60. The topological polar surface area (TPSA) is 117 Å². The summed E-state index contributed by atoms with van der Waals surface area (Å²) < 4.78 is 17.1. The van der Waals surface area contributed by atoms with E-state index in [0.717, 1.165) is 19.3 Å². The smallest absolute Gasteiger partial charge is 0.330 e. The summed E-state index contributed by atoms with van der Waals surface area (Å²) in [4.78, 5) is 42.4. The second-order valence-corrected chi connectivity index (χ2v) is 7.75. The van der Waals surface area contributed by atoms with Crippen molar-refractivity contribution in [2.24, 2.45) is 12.0 Å².